The smallest absolute Gasteiger partial charge is 0.0731 e. The van der Waals surface area contributed by atoms with E-state index in [0.29, 0.717) is 6.61 Å². The van der Waals surface area contributed by atoms with Crippen molar-refractivity contribution >= 4 is 11.6 Å². The Balaban J connectivity index is 1.64. The average molecular weight is 254 g/mol. The summed E-state index contributed by atoms with van der Waals surface area (Å²) < 4.78 is 5.69. The van der Waals surface area contributed by atoms with Gasteiger partial charge in [-0.05, 0) is 49.9 Å². The van der Waals surface area contributed by atoms with Gasteiger partial charge in [-0.2, -0.15) is 0 Å². The number of benzene rings is 1. The van der Waals surface area contributed by atoms with E-state index in [0.717, 1.165) is 36.1 Å². The lowest BCUT2D eigenvalue weighted by Crippen LogP contribution is -2.30. The van der Waals surface area contributed by atoms with E-state index in [-0.39, 0.29) is 0 Å². The number of hydrogen-bond acceptors (Lipinski definition) is 2. The summed E-state index contributed by atoms with van der Waals surface area (Å²) in [6.45, 7) is 3.78. The molecule has 0 radical (unpaired) electrons. The lowest BCUT2D eigenvalue weighted by Gasteiger charge is -2.22. The van der Waals surface area contributed by atoms with Gasteiger partial charge in [0.25, 0.3) is 0 Å². The fourth-order valence-electron chi connectivity index (χ4n) is 2.22. The van der Waals surface area contributed by atoms with Crippen LogP contribution in [0.1, 0.15) is 24.8 Å². The van der Waals surface area contributed by atoms with Gasteiger partial charge in [0.15, 0.2) is 0 Å². The first-order valence-electron chi connectivity index (χ1n) is 6.38. The van der Waals surface area contributed by atoms with Crippen LogP contribution in [-0.4, -0.2) is 19.7 Å². The molecule has 1 saturated heterocycles. The van der Waals surface area contributed by atoms with E-state index in [2.05, 4.69) is 5.32 Å². The monoisotopic (exact) mass is 253 g/mol. The third-order valence-corrected chi connectivity index (χ3v) is 3.65. The van der Waals surface area contributed by atoms with E-state index < -0.39 is 0 Å². The molecule has 0 aromatic heterocycles. The molecule has 1 heterocycles. The first-order valence-corrected chi connectivity index (χ1v) is 6.76. The van der Waals surface area contributed by atoms with Crippen LogP contribution in [0.3, 0.4) is 0 Å². The number of rotatable bonds is 5. The van der Waals surface area contributed by atoms with E-state index in [4.69, 9.17) is 16.3 Å². The van der Waals surface area contributed by atoms with Crippen LogP contribution in [0.25, 0.3) is 0 Å². The van der Waals surface area contributed by atoms with Crippen LogP contribution in [0.5, 0.6) is 0 Å². The summed E-state index contributed by atoms with van der Waals surface area (Å²) in [5.74, 6) is 0.787. The van der Waals surface area contributed by atoms with E-state index >= 15 is 0 Å². The fourth-order valence-corrected chi connectivity index (χ4v) is 2.41. The summed E-state index contributed by atoms with van der Waals surface area (Å²) in [6, 6.07) is 7.87. The van der Waals surface area contributed by atoms with Crippen molar-refractivity contribution in [2.45, 2.75) is 25.9 Å². The van der Waals surface area contributed by atoms with Crippen molar-refractivity contribution in [3.05, 3.63) is 34.9 Å². The normalized spacial score (nSPS) is 20.4. The van der Waals surface area contributed by atoms with Gasteiger partial charge >= 0.3 is 0 Å². The zero-order valence-electron chi connectivity index (χ0n) is 10.1. The highest BCUT2D eigenvalue weighted by molar-refractivity contribution is 6.31. The number of piperidine rings is 1. The van der Waals surface area contributed by atoms with Gasteiger partial charge in [-0.15, -0.1) is 0 Å². The van der Waals surface area contributed by atoms with E-state index in [9.17, 15) is 0 Å². The predicted molar refractivity (Wildman–Crippen MR) is 71.3 cm³/mol. The van der Waals surface area contributed by atoms with E-state index in [1.807, 2.05) is 24.3 Å². The maximum atomic E-state index is 6.06. The molecule has 1 aliphatic heterocycles. The van der Waals surface area contributed by atoms with Gasteiger partial charge in [-0.3, -0.25) is 0 Å². The first kappa shape index (κ1) is 12.9. The first-order chi connectivity index (χ1) is 8.36. The van der Waals surface area contributed by atoms with Crippen LogP contribution in [-0.2, 0) is 11.3 Å². The molecule has 1 N–H and O–H groups in total. The maximum Gasteiger partial charge on any atom is 0.0731 e. The Morgan fingerprint density at radius 1 is 1.35 bits per heavy atom. The van der Waals surface area contributed by atoms with Gasteiger partial charge in [0.1, 0.15) is 0 Å². The summed E-state index contributed by atoms with van der Waals surface area (Å²) in [6.07, 6.45) is 3.79. The molecule has 2 nitrogen and oxygen atoms in total. The van der Waals surface area contributed by atoms with Gasteiger partial charge in [0.05, 0.1) is 6.61 Å². The van der Waals surface area contributed by atoms with Crippen LogP contribution in [0.15, 0.2) is 24.3 Å². The van der Waals surface area contributed by atoms with Crippen molar-refractivity contribution in [3.63, 3.8) is 0 Å². The topological polar surface area (TPSA) is 21.3 Å². The standard InChI is InChI=1S/C14H20ClNO/c15-14-6-2-1-5-13(14)11-17-9-7-12-4-3-8-16-10-12/h1-2,5-6,12,16H,3-4,7-11H2. The van der Waals surface area contributed by atoms with E-state index in [1.54, 1.807) is 0 Å². The van der Waals surface area contributed by atoms with Crippen LogP contribution >= 0.6 is 11.6 Å². The predicted octanol–water partition coefficient (Wildman–Crippen LogP) is 3.25. The van der Waals surface area contributed by atoms with Crippen molar-refractivity contribution in [2.24, 2.45) is 5.92 Å². The number of hydrogen-bond donors (Lipinski definition) is 1. The minimum absolute atomic E-state index is 0.625. The van der Waals surface area contributed by atoms with Crippen molar-refractivity contribution < 1.29 is 4.74 Å². The largest absolute Gasteiger partial charge is 0.377 e. The molecule has 1 fully saturated rings. The van der Waals surface area contributed by atoms with Crippen LogP contribution in [0, 0.1) is 5.92 Å². The summed E-state index contributed by atoms with van der Waals surface area (Å²) in [7, 11) is 0. The van der Waals surface area contributed by atoms with Gasteiger partial charge in [-0.25, -0.2) is 0 Å². The van der Waals surface area contributed by atoms with Crippen LogP contribution in [0.4, 0.5) is 0 Å². The lowest BCUT2D eigenvalue weighted by atomic mass is 9.97. The third-order valence-electron chi connectivity index (χ3n) is 3.28. The highest BCUT2D eigenvalue weighted by Crippen LogP contribution is 2.17. The molecule has 0 aliphatic carbocycles. The lowest BCUT2D eigenvalue weighted by molar-refractivity contribution is 0.103. The summed E-state index contributed by atoms with van der Waals surface area (Å²) in [5, 5.41) is 4.22. The molecule has 0 amide bonds. The Labute approximate surface area is 108 Å². The van der Waals surface area contributed by atoms with Crippen molar-refractivity contribution in [2.75, 3.05) is 19.7 Å². The molecule has 94 valence electrons. The molecular weight excluding hydrogens is 234 g/mol. The molecule has 1 aromatic rings. The molecule has 1 aliphatic rings. The number of halogens is 1. The number of nitrogens with one attached hydrogen (secondary N) is 1. The molecule has 1 aromatic carbocycles. The minimum atomic E-state index is 0.625. The SMILES string of the molecule is Clc1ccccc1COCCC1CCCNC1. The zero-order valence-corrected chi connectivity index (χ0v) is 10.9. The fraction of sp³-hybridized carbons (Fsp3) is 0.571. The van der Waals surface area contributed by atoms with E-state index in [1.165, 1.54) is 19.4 Å². The van der Waals surface area contributed by atoms with Gasteiger partial charge in [0, 0.05) is 11.6 Å². The molecule has 0 spiro atoms. The van der Waals surface area contributed by atoms with Crippen molar-refractivity contribution in [1.82, 2.24) is 5.32 Å². The minimum Gasteiger partial charge on any atom is -0.377 e. The molecule has 17 heavy (non-hydrogen) atoms. The maximum absolute atomic E-state index is 6.06. The van der Waals surface area contributed by atoms with Gasteiger partial charge in [0.2, 0.25) is 0 Å². The third kappa shape index (κ3) is 4.30. The Kier molecular flexibility index (Phi) is 5.30. The number of ether oxygens (including phenoxy) is 1. The molecule has 1 atom stereocenters. The Hall–Kier alpha value is -0.570. The highest BCUT2D eigenvalue weighted by Gasteiger charge is 2.12. The molecule has 0 saturated carbocycles. The summed E-state index contributed by atoms with van der Waals surface area (Å²) >= 11 is 6.06. The van der Waals surface area contributed by atoms with Crippen molar-refractivity contribution in [1.29, 1.82) is 0 Å². The zero-order chi connectivity index (χ0) is 11.9. The van der Waals surface area contributed by atoms with Crippen LogP contribution in [0.2, 0.25) is 5.02 Å². The molecule has 0 bridgehead atoms. The van der Waals surface area contributed by atoms with Gasteiger partial charge < -0.3 is 10.1 Å². The Morgan fingerprint density at radius 2 is 2.24 bits per heavy atom. The second-order valence-electron chi connectivity index (χ2n) is 4.65. The molecule has 1 unspecified atom stereocenters. The van der Waals surface area contributed by atoms with Gasteiger partial charge in [-0.1, -0.05) is 29.8 Å². The quantitative estimate of drug-likeness (QED) is 0.814. The van der Waals surface area contributed by atoms with Crippen molar-refractivity contribution in [3.8, 4) is 0 Å². The van der Waals surface area contributed by atoms with Crippen LogP contribution < -0.4 is 5.32 Å². The Morgan fingerprint density at radius 3 is 3.00 bits per heavy atom. The molecule has 2 rings (SSSR count). The molecule has 3 heteroatoms. The second kappa shape index (κ2) is 7.00. The average Bonchev–Trinajstić information content (AvgIpc) is 2.38. The summed E-state index contributed by atoms with van der Waals surface area (Å²) in [5.41, 5.74) is 1.08. The Bertz CT molecular complexity index is 337. The highest BCUT2D eigenvalue weighted by atomic mass is 35.5. The second-order valence-corrected chi connectivity index (χ2v) is 5.05. The molecular formula is C14H20ClNO. The summed E-state index contributed by atoms with van der Waals surface area (Å²) in [4.78, 5) is 0.